The quantitative estimate of drug-likeness (QED) is 0.0246. The molecule has 0 saturated carbocycles. The predicted molar refractivity (Wildman–Crippen MR) is 344 cm³/mol. The molecule has 88 heavy (non-hydrogen) atoms. The summed E-state index contributed by atoms with van der Waals surface area (Å²) in [6.45, 7) is 23.9. The van der Waals surface area contributed by atoms with Crippen molar-refractivity contribution in [2.45, 2.75) is 150 Å². The van der Waals surface area contributed by atoms with Gasteiger partial charge in [-0.15, -0.1) is 36.7 Å². The van der Waals surface area contributed by atoms with Crippen LogP contribution < -0.4 is 36.1 Å². The third-order valence-electron chi connectivity index (χ3n) is 13.2. The second kappa shape index (κ2) is 36.8. The lowest BCUT2D eigenvalue weighted by Gasteiger charge is -2.34. The molecule has 6 rings (SSSR count). The Kier molecular flexibility index (Phi) is 32.5. The van der Waals surface area contributed by atoms with E-state index in [1.165, 1.54) is 43.5 Å². The van der Waals surface area contributed by atoms with E-state index in [4.69, 9.17) is 18.9 Å². The van der Waals surface area contributed by atoms with Crippen LogP contribution in [0.3, 0.4) is 0 Å². The molecule has 2 aliphatic heterocycles. The van der Waals surface area contributed by atoms with Crippen molar-refractivity contribution in [3.8, 4) is 11.5 Å². The molecular formula is C65H88N6O15S2. The van der Waals surface area contributed by atoms with Crippen LogP contribution in [0.25, 0.3) is 0 Å². The fourth-order valence-corrected chi connectivity index (χ4v) is 11.2. The minimum absolute atomic E-state index is 0. The van der Waals surface area contributed by atoms with Crippen LogP contribution in [-0.2, 0) is 60.7 Å². The summed E-state index contributed by atoms with van der Waals surface area (Å²) in [6.07, 6.45) is 0.491. The summed E-state index contributed by atoms with van der Waals surface area (Å²) < 4.78 is 20.3. The van der Waals surface area contributed by atoms with Gasteiger partial charge in [-0.05, 0) is 89.8 Å². The molecule has 2 fully saturated rings. The van der Waals surface area contributed by atoms with E-state index in [1.807, 2.05) is 50.2 Å². The summed E-state index contributed by atoms with van der Waals surface area (Å²) in [7, 11) is 0. The number of hydrogen-bond donors (Lipinski definition) is 6. The summed E-state index contributed by atoms with van der Waals surface area (Å²) in [4.78, 5) is 125. The van der Waals surface area contributed by atoms with E-state index in [-0.39, 0.29) is 92.8 Å². The Morgan fingerprint density at radius 1 is 0.602 bits per heavy atom. The Morgan fingerprint density at radius 3 is 1.41 bits per heavy atom. The number of nitrogens with zero attached hydrogens (tertiary/aromatic N) is 1. The second-order valence-corrected chi connectivity index (χ2v) is 23.9. The van der Waals surface area contributed by atoms with E-state index in [0.717, 1.165) is 23.9 Å². The van der Waals surface area contributed by atoms with Gasteiger partial charge in [-0.25, -0.2) is 4.79 Å². The highest BCUT2D eigenvalue weighted by Gasteiger charge is 2.51. The molecule has 0 bridgehead atoms. The number of thioether (sulfide) groups is 2. The maximum absolute atomic E-state index is 14.2. The molecule has 4 unspecified atom stereocenters. The van der Waals surface area contributed by atoms with Crippen LogP contribution in [0.4, 0.5) is 0 Å². The molecule has 5 amide bonds. The molecule has 0 aliphatic carbocycles. The minimum atomic E-state index is -1.58. The highest BCUT2D eigenvalue weighted by Crippen LogP contribution is 2.40. The SMILES string of the molecule is C.C.C.C=CCNC(=O)C1N(C(=O)[C@@H](OC(C)=O)C(Cc2ccccc2)NC(=O)c2cccc(OC(C)=O)c2C)CSC1(C)C.C=CCNC(=O)C1NCSC1(C)C.CC(=O)Oc1cccc(C(=O)NC(Cc2ccccc2)[C@H](OC(C)=O)C(=O)O)c1C. The number of amides is 5. The number of esters is 4. The van der Waals surface area contributed by atoms with Crippen LogP contribution in [0.15, 0.2) is 122 Å². The molecule has 0 aromatic heterocycles. The third kappa shape index (κ3) is 23.1. The minimum Gasteiger partial charge on any atom is -0.478 e. The van der Waals surface area contributed by atoms with Crippen molar-refractivity contribution in [2.24, 2.45) is 0 Å². The topological polar surface area (TPSA) is 291 Å². The summed E-state index contributed by atoms with van der Waals surface area (Å²) >= 11 is 3.20. The highest BCUT2D eigenvalue weighted by molar-refractivity contribution is 8.01. The first-order valence-corrected chi connectivity index (χ1v) is 29.0. The number of carboxylic acid groups (broad SMARTS) is 1. The number of aliphatic carboxylic acids is 1. The Balaban J connectivity index is 0.000000732. The van der Waals surface area contributed by atoms with Gasteiger partial charge in [0.25, 0.3) is 17.7 Å². The molecule has 21 nitrogen and oxygen atoms in total. The summed E-state index contributed by atoms with van der Waals surface area (Å²) in [5.41, 5.74) is 2.82. The first-order chi connectivity index (χ1) is 40.1. The van der Waals surface area contributed by atoms with Crippen molar-refractivity contribution in [1.29, 1.82) is 0 Å². The van der Waals surface area contributed by atoms with Gasteiger partial charge in [-0.3, -0.25) is 48.5 Å². The standard InChI is InChI=1S/C31H37N3O7S.C22H23NO7.C9H16N2OS.3CH4/c1-7-16-32-29(38)27-31(5,6)42-18-34(27)30(39)26(41-21(4)36)24(17-22-12-9-8-10-13-22)33-28(37)23-14-11-15-25(19(23)2)40-20(3)35;1-13-17(10-7-11-19(13)29-14(2)24)21(26)23-18(12-16-8-5-4-6-9-16)20(22(27)28)30-15(3)25;1-4-5-10-8(12)7-9(2,3)13-6-11-7;;;/h7-15,24,26-27H,1,16-18H2,2-6H3,(H,32,38)(H,33,37);4-11,18,20H,12H2,1-3H3,(H,23,26)(H,27,28);4,7,11H,1,5-6H2,2-3H3,(H,10,12);3*1H4/t24?,26-,27?;18?,20-;;;;/m00..../s1. The first-order valence-electron chi connectivity index (χ1n) is 27.0. The molecule has 480 valence electrons. The van der Waals surface area contributed by atoms with Crippen LogP contribution in [0.5, 0.6) is 11.5 Å². The molecule has 4 aromatic rings. The fraction of sp³-hybridized carbons (Fsp3) is 0.415. The van der Waals surface area contributed by atoms with Gasteiger partial charge in [0.05, 0.1) is 18.0 Å². The molecule has 6 atom stereocenters. The molecule has 0 radical (unpaired) electrons. The molecular weight excluding hydrogens is 1170 g/mol. The van der Waals surface area contributed by atoms with Gasteiger partial charge >= 0.3 is 29.8 Å². The largest absolute Gasteiger partial charge is 0.478 e. The van der Waals surface area contributed by atoms with E-state index in [9.17, 15) is 53.1 Å². The normalized spacial score (nSPS) is 16.1. The van der Waals surface area contributed by atoms with E-state index >= 15 is 0 Å². The van der Waals surface area contributed by atoms with E-state index < -0.39 is 82.6 Å². The zero-order valence-electron chi connectivity index (χ0n) is 49.4. The average molecular weight is 1260 g/mol. The number of carbonyl (C=O) groups excluding carboxylic acids is 9. The van der Waals surface area contributed by atoms with Crippen molar-refractivity contribution in [3.63, 3.8) is 0 Å². The first kappa shape index (κ1) is 77.7. The zero-order chi connectivity index (χ0) is 63.2. The lowest BCUT2D eigenvalue weighted by molar-refractivity contribution is -0.164. The van der Waals surface area contributed by atoms with Gasteiger partial charge in [0.2, 0.25) is 24.0 Å². The predicted octanol–water partition coefficient (Wildman–Crippen LogP) is 8.09. The molecule has 4 aromatic carbocycles. The smallest absolute Gasteiger partial charge is 0.347 e. The number of rotatable bonds is 22. The van der Waals surface area contributed by atoms with Crippen molar-refractivity contribution in [2.75, 3.05) is 24.8 Å². The lowest BCUT2D eigenvalue weighted by Crippen LogP contribution is -2.59. The van der Waals surface area contributed by atoms with E-state index in [1.54, 1.807) is 92.4 Å². The summed E-state index contributed by atoms with van der Waals surface area (Å²) in [5, 5.41) is 23.8. The lowest BCUT2D eigenvalue weighted by atomic mass is 9.96. The van der Waals surface area contributed by atoms with Gasteiger partial charge in [0.1, 0.15) is 23.6 Å². The number of carboxylic acids is 1. The van der Waals surface area contributed by atoms with Crippen LogP contribution >= 0.6 is 23.5 Å². The van der Waals surface area contributed by atoms with Gasteiger partial charge in [-0.1, -0.05) is 107 Å². The van der Waals surface area contributed by atoms with E-state index in [0.29, 0.717) is 17.7 Å². The van der Waals surface area contributed by atoms with Crippen molar-refractivity contribution >= 4 is 82.9 Å². The van der Waals surface area contributed by atoms with Gasteiger partial charge in [0, 0.05) is 78.4 Å². The average Bonchev–Trinajstić information content (AvgIpc) is 4.15. The van der Waals surface area contributed by atoms with Crippen molar-refractivity contribution in [1.82, 2.24) is 31.5 Å². The Morgan fingerprint density at radius 2 is 1.02 bits per heavy atom. The van der Waals surface area contributed by atoms with Gasteiger partial charge in [0.15, 0.2) is 0 Å². The molecule has 0 spiro atoms. The van der Waals surface area contributed by atoms with Gasteiger partial charge in [-0.2, -0.15) is 0 Å². The van der Waals surface area contributed by atoms with Crippen LogP contribution in [0.1, 0.15) is 121 Å². The fourth-order valence-electron chi connectivity index (χ4n) is 9.08. The van der Waals surface area contributed by atoms with Crippen molar-refractivity contribution < 1.29 is 72.0 Å². The summed E-state index contributed by atoms with van der Waals surface area (Å²) in [6, 6.07) is 24.4. The van der Waals surface area contributed by atoms with Crippen LogP contribution in [-0.4, -0.2) is 140 Å². The molecule has 23 heteroatoms. The van der Waals surface area contributed by atoms with Crippen LogP contribution in [0.2, 0.25) is 0 Å². The van der Waals surface area contributed by atoms with Crippen LogP contribution in [0, 0.1) is 13.8 Å². The van der Waals surface area contributed by atoms with Gasteiger partial charge < -0.3 is 50.2 Å². The monoisotopic (exact) mass is 1260 g/mol. The van der Waals surface area contributed by atoms with E-state index in [2.05, 4.69) is 53.6 Å². The summed E-state index contributed by atoms with van der Waals surface area (Å²) in [5.74, 6) is -4.47. The number of carbonyl (C=O) groups is 10. The number of hydrogen-bond acceptors (Lipinski definition) is 17. The Hall–Kier alpha value is -8.28. The maximum atomic E-state index is 14.2. The molecule has 6 N–H and O–H groups in total. The molecule has 2 saturated heterocycles. The number of nitrogens with one attached hydrogen (secondary N) is 5. The zero-order valence-corrected chi connectivity index (χ0v) is 51.1. The molecule has 2 heterocycles. The highest BCUT2D eigenvalue weighted by atomic mass is 32.2. The third-order valence-corrected chi connectivity index (χ3v) is 15.9. The second-order valence-electron chi connectivity index (χ2n) is 20.7. The Bertz CT molecular complexity index is 3070. The number of ether oxygens (including phenoxy) is 4. The molecule has 2 aliphatic rings. The van der Waals surface area contributed by atoms with Crippen molar-refractivity contribution in [3.05, 3.63) is 156 Å². The Labute approximate surface area is 526 Å². The number of benzene rings is 4. The maximum Gasteiger partial charge on any atom is 0.347 e.